The smallest absolute Gasteiger partial charge is 0.333 e. The van der Waals surface area contributed by atoms with Crippen molar-refractivity contribution in [2.45, 2.75) is 32.6 Å². The molecular formula is C34H34N2O11. The van der Waals surface area contributed by atoms with E-state index in [0.29, 0.717) is 35.5 Å². The molecule has 0 saturated heterocycles. The topological polar surface area (TPSA) is 174 Å². The van der Waals surface area contributed by atoms with Crippen molar-refractivity contribution < 1.29 is 43.2 Å². The van der Waals surface area contributed by atoms with Gasteiger partial charge in [0.1, 0.15) is 19.0 Å². The molecule has 0 aliphatic rings. The van der Waals surface area contributed by atoms with Crippen LogP contribution in [0.2, 0.25) is 0 Å². The van der Waals surface area contributed by atoms with Crippen LogP contribution in [0, 0.1) is 20.2 Å². The van der Waals surface area contributed by atoms with E-state index in [1.807, 2.05) is 0 Å². The number of benzene rings is 3. The molecule has 13 nitrogen and oxygen atoms in total. The van der Waals surface area contributed by atoms with Crippen LogP contribution in [0.25, 0.3) is 6.08 Å². The fraction of sp³-hybridized carbons (Fsp3) is 0.265. The molecule has 0 radical (unpaired) electrons. The summed E-state index contributed by atoms with van der Waals surface area (Å²) in [5.41, 5.74) is 1.10. The molecule has 0 N–H and O–H groups in total. The lowest BCUT2D eigenvalue weighted by molar-refractivity contribution is -0.394. The minimum atomic E-state index is -0.707. The van der Waals surface area contributed by atoms with Gasteiger partial charge in [0.15, 0.2) is 11.5 Å². The standard InChI is InChI=1S/C34H34N2O11/c1-24(2)34(39)47-22-21-46-32(37)18-9-25-7-10-26(11-8-25)33(38)27-12-15-29(16-13-27)44-19-5-3-4-6-20-45-31-17-14-28(35(40)41)23-30(31)36(42)43/h7-18,23H,1,3-6,19-22H2,2H3/b18-9+. The summed E-state index contributed by atoms with van der Waals surface area (Å²) in [6.45, 7) is 5.53. The summed E-state index contributed by atoms with van der Waals surface area (Å²) < 4.78 is 21.1. The Morgan fingerprint density at radius 1 is 0.745 bits per heavy atom. The van der Waals surface area contributed by atoms with E-state index in [0.717, 1.165) is 25.3 Å². The van der Waals surface area contributed by atoms with Crippen molar-refractivity contribution in [3.8, 4) is 11.5 Å². The molecule has 0 aliphatic heterocycles. The molecule has 0 spiro atoms. The first-order chi connectivity index (χ1) is 22.5. The van der Waals surface area contributed by atoms with Crippen LogP contribution in [0.5, 0.6) is 11.5 Å². The maximum Gasteiger partial charge on any atom is 0.333 e. The first-order valence-electron chi connectivity index (χ1n) is 14.7. The molecule has 3 aromatic carbocycles. The number of nitro groups is 2. The highest BCUT2D eigenvalue weighted by atomic mass is 16.6. The van der Waals surface area contributed by atoms with Crippen LogP contribution in [0.3, 0.4) is 0 Å². The molecule has 3 aromatic rings. The molecule has 13 heteroatoms. The molecule has 47 heavy (non-hydrogen) atoms. The Hall–Kier alpha value is -5.85. The van der Waals surface area contributed by atoms with Crippen molar-refractivity contribution in [2.24, 2.45) is 0 Å². The maximum atomic E-state index is 12.9. The summed E-state index contributed by atoms with van der Waals surface area (Å²) in [6, 6.07) is 16.8. The number of nitro benzene ring substituents is 2. The number of nitrogens with zero attached hydrogens (tertiary/aromatic N) is 2. The molecular weight excluding hydrogens is 612 g/mol. The maximum absolute atomic E-state index is 12.9. The third-order valence-electron chi connectivity index (χ3n) is 6.53. The lowest BCUT2D eigenvalue weighted by Gasteiger charge is -2.08. The summed E-state index contributed by atoms with van der Waals surface area (Å²) in [4.78, 5) is 56.7. The van der Waals surface area contributed by atoms with Gasteiger partial charge in [-0.05, 0) is 74.6 Å². The Morgan fingerprint density at radius 3 is 1.94 bits per heavy atom. The monoisotopic (exact) mass is 646 g/mol. The fourth-order valence-electron chi connectivity index (χ4n) is 4.04. The zero-order chi connectivity index (χ0) is 34.2. The van der Waals surface area contributed by atoms with Crippen LogP contribution < -0.4 is 9.47 Å². The number of carbonyl (C=O) groups excluding carboxylic acids is 3. The number of hydrogen-bond acceptors (Lipinski definition) is 11. The van der Waals surface area contributed by atoms with E-state index >= 15 is 0 Å². The van der Waals surface area contributed by atoms with Crippen LogP contribution in [0.4, 0.5) is 11.4 Å². The van der Waals surface area contributed by atoms with Gasteiger partial charge in [-0.15, -0.1) is 0 Å². The molecule has 0 aliphatic carbocycles. The average Bonchev–Trinajstić information content (AvgIpc) is 3.06. The lowest BCUT2D eigenvalue weighted by Crippen LogP contribution is -2.12. The minimum absolute atomic E-state index is 0.00589. The predicted octanol–water partition coefficient (Wildman–Crippen LogP) is 6.43. The highest BCUT2D eigenvalue weighted by molar-refractivity contribution is 6.09. The number of non-ortho nitro benzene ring substituents is 1. The van der Waals surface area contributed by atoms with Crippen molar-refractivity contribution in [1.29, 1.82) is 0 Å². The third-order valence-corrected chi connectivity index (χ3v) is 6.53. The van der Waals surface area contributed by atoms with Gasteiger partial charge in [0.25, 0.3) is 5.69 Å². The highest BCUT2D eigenvalue weighted by Gasteiger charge is 2.20. The molecule has 0 atom stereocenters. The second-order valence-corrected chi connectivity index (χ2v) is 10.2. The number of esters is 2. The van der Waals surface area contributed by atoms with Crippen LogP contribution in [0.1, 0.15) is 54.1 Å². The van der Waals surface area contributed by atoms with Crippen LogP contribution >= 0.6 is 0 Å². The van der Waals surface area contributed by atoms with Gasteiger partial charge in [-0.25, -0.2) is 9.59 Å². The molecule has 0 unspecified atom stereocenters. The van der Waals surface area contributed by atoms with Gasteiger partial charge in [0, 0.05) is 28.8 Å². The Bertz CT molecular complexity index is 1610. The Balaban J connectivity index is 1.34. The van der Waals surface area contributed by atoms with Gasteiger partial charge >= 0.3 is 17.6 Å². The van der Waals surface area contributed by atoms with E-state index in [1.54, 1.807) is 54.6 Å². The van der Waals surface area contributed by atoms with Crippen LogP contribution in [0.15, 0.2) is 85.0 Å². The molecule has 246 valence electrons. The zero-order valence-electron chi connectivity index (χ0n) is 25.8. The van der Waals surface area contributed by atoms with E-state index < -0.39 is 27.5 Å². The van der Waals surface area contributed by atoms with Crippen molar-refractivity contribution in [1.82, 2.24) is 0 Å². The van der Waals surface area contributed by atoms with E-state index in [-0.39, 0.29) is 42.6 Å². The van der Waals surface area contributed by atoms with E-state index in [1.165, 1.54) is 25.1 Å². The largest absolute Gasteiger partial charge is 0.494 e. The second-order valence-electron chi connectivity index (χ2n) is 10.2. The lowest BCUT2D eigenvalue weighted by atomic mass is 10.0. The molecule has 0 aromatic heterocycles. The van der Waals surface area contributed by atoms with Crippen LogP contribution in [-0.2, 0) is 19.1 Å². The van der Waals surface area contributed by atoms with Crippen molar-refractivity contribution in [2.75, 3.05) is 26.4 Å². The van der Waals surface area contributed by atoms with Gasteiger partial charge in [-0.1, -0.05) is 30.8 Å². The van der Waals surface area contributed by atoms with Gasteiger partial charge in [0.2, 0.25) is 0 Å². The SMILES string of the molecule is C=C(C)C(=O)OCCOC(=O)/C=C/c1ccc(C(=O)c2ccc(OCCCCCCOc3ccc([N+](=O)[O-])cc3[N+](=O)[O-])cc2)cc1. The minimum Gasteiger partial charge on any atom is -0.494 e. The second kappa shape index (κ2) is 18.2. The summed E-state index contributed by atoms with van der Waals surface area (Å²) in [5, 5.41) is 22.0. The van der Waals surface area contributed by atoms with Gasteiger partial charge in [-0.3, -0.25) is 25.0 Å². The average molecular weight is 647 g/mol. The van der Waals surface area contributed by atoms with E-state index in [9.17, 15) is 34.6 Å². The Labute approximate surface area is 270 Å². The third kappa shape index (κ3) is 11.9. The summed E-state index contributed by atoms with van der Waals surface area (Å²) in [6.07, 6.45) is 5.83. The number of carbonyl (C=O) groups is 3. The number of ether oxygens (including phenoxy) is 4. The van der Waals surface area contributed by atoms with Crippen molar-refractivity contribution >= 4 is 35.2 Å². The first-order valence-corrected chi connectivity index (χ1v) is 14.7. The van der Waals surface area contributed by atoms with Crippen molar-refractivity contribution in [3.05, 3.63) is 122 Å². The quantitative estimate of drug-likeness (QED) is 0.0350. The predicted molar refractivity (Wildman–Crippen MR) is 171 cm³/mol. The number of unbranched alkanes of at least 4 members (excludes halogenated alkanes) is 3. The fourth-order valence-corrected chi connectivity index (χ4v) is 4.04. The van der Waals surface area contributed by atoms with Gasteiger partial charge < -0.3 is 18.9 Å². The molecule has 0 heterocycles. The zero-order valence-corrected chi connectivity index (χ0v) is 25.8. The highest BCUT2D eigenvalue weighted by Crippen LogP contribution is 2.31. The molecule has 0 fully saturated rings. The first kappa shape index (κ1) is 35.6. The van der Waals surface area contributed by atoms with E-state index in [4.69, 9.17) is 18.9 Å². The Kier molecular flexibility index (Phi) is 13.8. The molecule has 3 rings (SSSR count). The van der Waals surface area contributed by atoms with Gasteiger partial charge in [-0.2, -0.15) is 0 Å². The van der Waals surface area contributed by atoms with E-state index in [2.05, 4.69) is 6.58 Å². The summed E-state index contributed by atoms with van der Waals surface area (Å²) in [7, 11) is 0. The summed E-state index contributed by atoms with van der Waals surface area (Å²) in [5.74, 6) is -0.703. The van der Waals surface area contributed by atoms with Crippen LogP contribution in [-0.4, -0.2) is 54.0 Å². The number of ketones is 1. The molecule has 0 bridgehead atoms. The number of hydrogen-bond donors (Lipinski definition) is 0. The molecule has 0 amide bonds. The van der Waals surface area contributed by atoms with Gasteiger partial charge in [0.05, 0.1) is 29.1 Å². The molecule has 0 saturated carbocycles. The normalized spacial score (nSPS) is 10.7. The van der Waals surface area contributed by atoms with Crippen molar-refractivity contribution in [3.63, 3.8) is 0 Å². The Morgan fingerprint density at radius 2 is 1.34 bits per heavy atom. The number of rotatable bonds is 19. The summed E-state index contributed by atoms with van der Waals surface area (Å²) >= 11 is 0.